The highest BCUT2D eigenvalue weighted by molar-refractivity contribution is 7.81. The number of hydrogen-bond donors (Lipinski definition) is 2. The van der Waals surface area contributed by atoms with E-state index in [9.17, 15) is 53.9 Å². The Kier molecular flexibility index (Phi) is 6.11. The average Bonchev–Trinajstić information content (AvgIpc) is 2.61. The minimum absolute atomic E-state index is 0.465. The molecule has 1 heterocycles. The summed E-state index contributed by atoms with van der Waals surface area (Å²) in [4.78, 5) is 12.8. The van der Waals surface area contributed by atoms with Crippen LogP contribution < -0.4 is 18.0 Å². The summed E-state index contributed by atoms with van der Waals surface area (Å²) >= 11 is 0. The van der Waals surface area contributed by atoms with Crippen LogP contribution in [0.15, 0.2) is 39.5 Å². The molecule has 3 rings (SSSR count). The number of hydrogen-bond acceptors (Lipinski definition) is 16. The number of phenols is 2. The summed E-state index contributed by atoms with van der Waals surface area (Å²) in [5, 5.41) is 19.1. The maximum atomic E-state index is 12.8. The van der Waals surface area contributed by atoms with Gasteiger partial charge in [0.2, 0.25) is 11.2 Å². The molecule has 0 aliphatic rings. The molecular formula is C15H7O16S3-3. The Morgan fingerprint density at radius 1 is 0.765 bits per heavy atom. The molecule has 0 aliphatic heterocycles. The molecule has 0 aliphatic carbocycles. The Balaban J connectivity index is 2.33. The molecule has 0 bridgehead atoms. The molecule has 34 heavy (non-hydrogen) atoms. The molecule has 0 spiro atoms. The molecule has 19 heteroatoms. The van der Waals surface area contributed by atoms with Crippen molar-refractivity contribution in [3.63, 3.8) is 0 Å². The molecule has 1 aromatic heterocycles. The molecule has 184 valence electrons. The lowest BCUT2D eigenvalue weighted by Crippen LogP contribution is -2.16. The second-order valence-corrected chi connectivity index (χ2v) is 9.01. The molecular weight excluding hydrogens is 532 g/mol. The van der Waals surface area contributed by atoms with Crippen LogP contribution in [0, 0.1) is 0 Å². The van der Waals surface area contributed by atoms with Crippen molar-refractivity contribution < 1.29 is 66.1 Å². The maximum absolute atomic E-state index is 12.8. The van der Waals surface area contributed by atoms with Gasteiger partial charge in [0.15, 0.2) is 17.3 Å². The number of rotatable bonds is 7. The first kappa shape index (κ1) is 25.0. The smallest absolute Gasteiger partial charge is 0.262 e. The van der Waals surface area contributed by atoms with Crippen molar-refractivity contribution in [3.05, 3.63) is 40.6 Å². The highest BCUT2D eigenvalue weighted by Gasteiger charge is 2.24. The molecule has 0 unspecified atom stereocenters. The van der Waals surface area contributed by atoms with Gasteiger partial charge in [-0.05, 0) is 18.2 Å². The number of benzene rings is 2. The third-order valence-electron chi connectivity index (χ3n) is 3.70. The van der Waals surface area contributed by atoms with Crippen LogP contribution in [-0.4, -0.2) is 49.1 Å². The van der Waals surface area contributed by atoms with Crippen molar-refractivity contribution in [1.82, 2.24) is 0 Å². The number of fused-ring (bicyclic) bond motifs is 1. The SMILES string of the molecule is O=c1c(OS(=O)(=O)[O-])c(-c2ccc(OS(=O)(=O)[O-])c(O)c2)oc2cc(OS(=O)(=O)[O-])cc(O)c12. The van der Waals surface area contributed by atoms with Gasteiger partial charge in [-0.2, -0.15) is 0 Å². The third-order valence-corrected chi connectivity index (χ3v) is 4.85. The zero-order chi connectivity index (χ0) is 25.6. The van der Waals surface area contributed by atoms with E-state index in [4.69, 9.17) is 4.42 Å². The first-order chi connectivity index (χ1) is 15.4. The van der Waals surface area contributed by atoms with Crippen LogP contribution in [0.1, 0.15) is 0 Å². The molecule has 0 saturated heterocycles. The van der Waals surface area contributed by atoms with E-state index in [1.165, 1.54) is 0 Å². The highest BCUT2D eigenvalue weighted by atomic mass is 32.3. The Hall–Kier alpha value is -3.62. The summed E-state index contributed by atoms with van der Waals surface area (Å²) in [5.74, 6) is -6.05. The summed E-state index contributed by atoms with van der Waals surface area (Å²) in [6, 6.07) is 3.24. The van der Waals surface area contributed by atoms with Crippen LogP contribution in [0.4, 0.5) is 0 Å². The van der Waals surface area contributed by atoms with Crippen LogP contribution in [0.25, 0.3) is 22.3 Å². The van der Waals surface area contributed by atoms with Gasteiger partial charge in [0, 0.05) is 17.7 Å². The fourth-order valence-corrected chi connectivity index (χ4v) is 3.68. The van der Waals surface area contributed by atoms with Crippen molar-refractivity contribution in [2.45, 2.75) is 0 Å². The quantitative estimate of drug-likeness (QED) is 0.280. The maximum Gasteiger partial charge on any atom is 0.262 e. The molecule has 2 N–H and O–H groups in total. The van der Waals surface area contributed by atoms with Crippen molar-refractivity contribution in [2.24, 2.45) is 0 Å². The Labute approximate surface area is 189 Å². The van der Waals surface area contributed by atoms with Crippen LogP contribution >= 0.6 is 0 Å². The van der Waals surface area contributed by atoms with Crippen molar-refractivity contribution in [2.75, 3.05) is 0 Å². The molecule has 2 aromatic carbocycles. The lowest BCUT2D eigenvalue weighted by molar-refractivity contribution is 0.358. The Bertz CT molecular complexity index is 1680. The van der Waals surface area contributed by atoms with E-state index >= 15 is 0 Å². The van der Waals surface area contributed by atoms with Gasteiger partial charge in [-0.1, -0.05) is 0 Å². The zero-order valence-electron chi connectivity index (χ0n) is 15.7. The molecule has 16 nitrogen and oxygen atoms in total. The average molecular weight is 539 g/mol. The lowest BCUT2D eigenvalue weighted by atomic mass is 10.1. The normalized spacial score (nSPS) is 12.4. The second-order valence-electron chi connectivity index (χ2n) is 6.06. The van der Waals surface area contributed by atoms with Gasteiger partial charge in [0.1, 0.15) is 22.5 Å². The number of aromatic hydroxyl groups is 2. The summed E-state index contributed by atoms with van der Waals surface area (Å²) in [7, 11) is -16.3. The van der Waals surface area contributed by atoms with Crippen LogP contribution in [-0.2, 0) is 31.2 Å². The standard InChI is InChI=1S/C15H10O16S3/c16-8-3-6(1-2-10(8)30-33(22,23)24)14-15(31-34(25,26)27)13(18)12-9(17)4-7(5-11(12)28-14)29-32(19,20)21/h1-5,16-17H,(H,19,20,21)(H,22,23,24)(H,25,26,27)/p-3. The largest absolute Gasteiger partial charge is 0.716 e. The van der Waals surface area contributed by atoms with Crippen molar-refractivity contribution >= 4 is 42.2 Å². The summed E-state index contributed by atoms with van der Waals surface area (Å²) in [5.41, 5.74) is -2.66. The first-order valence-corrected chi connectivity index (χ1v) is 12.1. The van der Waals surface area contributed by atoms with E-state index in [-0.39, 0.29) is 0 Å². The molecule has 0 radical (unpaired) electrons. The minimum Gasteiger partial charge on any atom is -0.716 e. The van der Waals surface area contributed by atoms with E-state index in [1.807, 2.05) is 0 Å². The highest BCUT2D eigenvalue weighted by Crippen LogP contribution is 2.39. The van der Waals surface area contributed by atoms with E-state index in [2.05, 4.69) is 12.5 Å². The van der Waals surface area contributed by atoms with Crippen LogP contribution in [0.3, 0.4) is 0 Å². The number of phenolic OH excluding ortho intramolecular Hbond substituents is 2. The van der Waals surface area contributed by atoms with Gasteiger partial charge >= 0.3 is 0 Å². The predicted molar refractivity (Wildman–Crippen MR) is 102 cm³/mol. The van der Waals surface area contributed by atoms with Crippen LogP contribution in [0.5, 0.6) is 28.7 Å². The summed E-state index contributed by atoms with van der Waals surface area (Å²) < 4.78 is 115. The third kappa shape index (κ3) is 5.84. The topological polar surface area (TPSA) is 270 Å². The summed E-state index contributed by atoms with van der Waals surface area (Å²) in [6.07, 6.45) is 0. The van der Waals surface area contributed by atoms with Gasteiger partial charge in [-0.25, -0.2) is 25.3 Å². The van der Waals surface area contributed by atoms with Gasteiger partial charge < -0.3 is 40.8 Å². The van der Waals surface area contributed by atoms with Gasteiger partial charge in [0.25, 0.3) is 31.2 Å². The predicted octanol–water partition coefficient (Wildman–Crippen LogP) is -0.612. The fraction of sp³-hybridized carbons (Fsp3) is 0. The Morgan fingerprint density at radius 2 is 1.35 bits per heavy atom. The van der Waals surface area contributed by atoms with Gasteiger partial charge in [0.05, 0.1) is 0 Å². The minimum atomic E-state index is -5.63. The second kappa shape index (κ2) is 8.30. The lowest BCUT2D eigenvalue weighted by Gasteiger charge is -2.15. The van der Waals surface area contributed by atoms with Gasteiger partial charge in [-0.15, -0.1) is 0 Å². The molecule has 0 amide bonds. The van der Waals surface area contributed by atoms with E-state index in [0.717, 1.165) is 6.07 Å². The van der Waals surface area contributed by atoms with E-state index in [0.29, 0.717) is 24.3 Å². The van der Waals surface area contributed by atoms with Crippen molar-refractivity contribution in [1.29, 1.82) is 0 Å². The fourth-order valence-electron chi connectivity index (χ4n) is 2.63. The molecule has 0 atom stereocenters. The zero-order valence-corrected chi connectivity index (χ0v) is 18.2. The van der Waals surface area contributed by atoms with E-state index < -0.39 is 87.7 Å². The molecule has 0 saturated carbocycles. The van der Waals surface area contributed by atoms with Crippen LogP contribution in [0.2, 0.25) is 0 Å². The summed E-state index contributed by atoms with van der Waals surface area (Å²) in [6.45, 7) is 0. The Morgan fingerprint density at radius 3 is 1.88 bits per heavy atom. The van der Waals surface area contributed by atoms with Gasteiger partial charge in [-0.3, -0.25) is 4.79 Å². The molecule has 3 aromatic rings. The van der Waals surface area contributed by atoms with Crippen molar-refractivity contribution in [3.8, 4) is 40.1 Å². The monoisotopic (exact) mass is 539 g/mol. The first-order valence-electron chi connectivity index (χ1n) is 8.06. The van der Waals surface area contributed by atoms with E-state index in [1.54, 1.807) is 0 Å². The molecule has 0 fully saturated rings.